The van der Waals surface area contributed by atoms with Gasteiger partial charge in [0.15, 0.2) is 22.9 Å². The molecular formula is C17H22ClNO6. The second kappa shape index (κ2) is 7.84. The van der Waals surface area contributed by atoms with Crippen molar-refractivity contribution in [1.82, 2.24) is 4.90 Å². The van der Waals surface area contributed by atoms with Crippen LogP contribution in [0, 0.1) is 0 Å². The predicted octanol–water partition coefficient (Wildman–Crippen LogP) is 2.90. The Kier molecular flexibility index (Phi) is 6.02. The van der Waals surface area contributed by atoms with Gasteiger partial charge in [0.05, 0.1) is 13.7 Å². The second-order valence-corrected chi connectivity index (χ2v) is 6.17. The summed E-state index contributed by atoms with van der Waals surface area (Å²) in [5.41, 5.74) is -0.530. The Morgan fingerprint density at radius 2 is 2.08 bits per heavy atom. The van der Waals surface area contributed by atoms with E-state index in [2.05, 4.69) is 9.64 Å². The Morgan fingerprint density at radius 1 is 1.36 bits per heavy atom. The van der Waals surface area contributed by atoms with E-state index in [1.165, 1.54) is 7.11 Å². The highest BCUT2D eigenvalue weighted by atomic mass is 35.5. The lowest BCUT2D eigenvalue weighted by molar-refractivity contribution is -0.0233. The number of hydrogen-bond acceptors (Lipinski definition) is 7. The monoisotopic (exact) mass is 371 g/mol. The number of carbonyl (C=O) groups excluding carboxylic acids is 1. The molecule has 1 aromatic carbocycles. The van der Waals surface area contributed by atoms with Gasteiger partial charge in [-0.2, -0.15) is 0 Å². The molecule has 0 aromatic heterocycles. The van der Waals surface area contributed by atoms with Crippen LogP contribution in [-0.2, 0) is 9.47 Å². The molecule has 0 spiro atoms. The lowest BCUT2D eigenvalue weighted by Crippen LogP contribution is -2.52. The summed E-state index contributed by atoms with van der Waals surface area (Å²) in [5, 5.41) is 9.90. The van der Waals surface area contributed by atoms with Crippen molar-refractivity contribution in [2.24, 2.45) is 0 Å². The number of ether oxygens (including phenoxy) is 4. The summed E-state index contributed by atoms with van der Waals surface area (Å²) in [5.74, 6) is 1.75. The first-order chi connectivity index (χ1) is 11.5. The van der Waals surface area contributed by atoms with E-state index < -0.39 is 11.8 Å². The Balaban J connectivity index is 0.00000225. The van der Waals surface area contributed by atoms with Crippen molar-refractivity contribution >= 4 is 18.6 Å². The van der Waals surface area contributed by atoms with Crippen molar-refractivity contribution in [2.75, 3.05) is 33.4 Å². The van der Waals surface area contributed by atoms with Gasteiger partial charge in [0.2, 0.25) is 0 Å². The highest BCUT2D eigenvalue weighted by molar-refractivity contribution is 5.85. The summed E-state index contributed by atoms with van der Waals surface area (Å²) in [4.78, 5) is 13.3. The second-order valence-electron chi connectivity index (χ2n) is 6.17. The average Bonchev–Trinajstić information content (AvgIpc) is 2.57. The Labute approximate surface area is 152 Å². The molecule has 7 nitrogen and oxygen atoms in total. The van der Waals surface area contributed by atoms with Crippen LogP contribution >= 0.6 is 12.4 Å². The fourth-order valence-corrected chi connectivity index (χ4v) is 2.88. The van der Waals surface area contributed by atoms with Crippen molar-refractivity contribution in [3.63, 3.8) is 0 Å². The molecule has 0 bridgehead atoms. The van der Waals surface area contributed by atoms with Gasteiger partial charge in [-0.15, -0.1) is 12.4 Å². The number of benzene rings is 1. The van der Waals surface area contributed by atoms with E-state index in [1.807, 2.05) is 31.2 Å². The molecular weight excluding hydrogens is 350 g/mol. The summed E-state index contributed by atoms with van der Waals surface area (Å²) in [6, 6.07) is 7.55. The van der Waals surface area contributed by atoms with E-state index >= 15 is 0 Å². The van der Waals surface area contributed by atoms with Gasteiger partial charge in [0, 0.05) is 19.5 Å². The summed E-state index contributed by atoms with van der Waals surface area (Å²) in [6.07, 6.45) is -0.435. The zero-order valence-electron chi connectivity index (χ0n) is 14.2. The zero-order chi connectivity index (χ0) is 17.2. The maximum atomic E-state index is 11.3. The molecule has 8 heteroatoms. The largest absolute Gasteiger partial charge is 0.513 e. The van der Waals surface area contributed by atoms with Gasteiger partial charge < -0.3 is 24.1 Å². The summed E-state index contributed by atoms with van der Waals surface area (Å²) < 4.78 is 21.4. The Hall–Kier alpha value is -2.12. The molecule has 0 amide bonds. The van der Waals surface area contributed by atoms with Crippen LogP contribution in [0.4, 0.5) is 4.79 Å². The number of hydrogen-bond donors (Lipinski definition) is 1. The molecule has 0 saturated heterocycles. The molecule has 1 aromatic rings. The topological polar surface area (TPSA) is 77.5 Å². The van der Waals surface area contributed by atoms with E-state index in [1.54, 1.807) is 0 Å². The Morgan fingerprint density at radius 3 is 2.80 bits per heavy atom. The van der Waals surface area contributed by atoms with E-state index in [0.717, 1.165) is 5.75 Å². The van der Waals surface area contributed by atoms with Crippen LogP contribution in [0.15, 0.2) is 35.8 Å². The molecule has 0 radical (unpaired) electrons. The smallest absolute Gasteiger partial charge is 0.509 e. The maximum Gasteiger partial charge on any atom is 0.513 e. The number of rotatable bonds is 3. The van der Waals surface area contributed by atoms with Crippen LogP contribution in [0.2, 0.25) is 0 Å². The first-order valence-corrected chi connectivity index (χ1v) is 7.79. The lowest BCUT2D eigenvalue weighted by Gasteiger charge is -2.40. The molecule has 25 heavy (non-hydrogen) atoms. The number of fused-ring (bicyclic) bond motifs is 1. The minimum Gasteiger partial charge on any atom is -0.509 e. The fraction of sp³-hybridized carbons (Fsp3) is 0.471. The third kappa shape index (κ3) is 4.49. The highest BCUT2D eigenvalue weighted by Crippen LogP contribution is 2.35. The third-order valence-corrected chi connectivity index (χ3v) is 4.02. The number of aliphatic hydroxyl groups excluding tert-OH is 1. The maximum absolute atomic E-state index is 11.3. The molecule has 0 aliphatic carbocycles. The molecule has 138 valence electrons. The molecule has 0 saturated carbocycles. The third-order valence-electron chi connectivity index (χ3n) is 4.02. The number of aliphatic hydroxyl groups is 1. The highest BCUT2D eigenvalue weighted by Gasteiger charge is 2.36. The van der Waals surface area contributed by atoms with Crippen LogP contribution in [0.25, 0.3) is 0 Å². The van der Waals surface area contributed by atoms with Gasteiger partial charge >= 0.3 is 6.16 Å². The van der Waals surface area contributed by atoms with Crippen LogP contribution in [0.1, 0.15) is 13.3 Å². The fourth-order valence-electron chi connectivity index (χ4n) is 2.88. The minimum absolute atomic E-state index is 0. The number of halogens is 1. The number of methoxy groups -OCH3 is 1. The summed E-state index contributed by atoms with van der Waals surface area (Å²) in [6.45, 7) is 3.91. The van der Waals surface area contributed by atoms with Crippen LogP contribution in [0.3, 0.4) is 0 Å². The van der Waals surface area contributed by atoms with E-state index in [0.29, 0.717) is 38.4 Å². The first kappa shape index (κ1) is 19.2. The Bertz CT molecular complexity index is 664. The quantitative estimate of drug-likeness (QED) is 0.818. The molecule has 1 unspecified atom stereocenters. The van der Waals surface area contributed by atoms with E-state index in [9.17, 15) is 9.90 Å². The van der Waals surface area contributed by atoms with E-state index in [-0.39, 0.29) is 23.9 Å². The molecule has 2 aliphatic heterocycles. The average molecular weight is 372 g/mol. The van der Waals surface area contributed by atoms with Crippen molar-refractivity contribution < 1.29 is 28.8 Å². The molecule has 3 rings (SSSR count). The van der Waals surface area contributed by atoms with Gasteiger partial charge in [-0.05, 0) is 19.1 Å². The standard InChI is InChI=1S/C17H21NO6.ClH/c1-17(11-22-13-5-3-4-6-14(13)24-17)10-18-8-7-12(19)15(9-18)23-16(20)21-2;/h3-6,19H,7-11H2,1-2H3;1H. The molecule has 1 atom stereocenters. The van der Waals surface area contributed by atoms with Crippen LogP contribution in [-0.4, -0.2) is 55.1 Å². The van der Waals surface area contributed by atoms with Crippen LogP contribution < -0.4 is 9.47 Å². The normalized spacial score (nSPS) is 22.8. The van der Waals surface area contributed by atoms with E-state index in [4.69, 9.17) is 14.2 Å². The van der Waals surface area contributed by atoms with Gasteiger partial charge in [-0.25, -0.2) is 4.79 Å². The summed E-state index contributed by atoms with van der Waals surface area (Å²) in [7, 11) is 1.23. The summed E-state index contributed by atoms with van der Waals surface area (Å²) >= 11 is 0. The number of carbonyl (C=O) groups is 1. The molecule has 0 fully saturated rings. The van der Waals surface area contributed by atoms with Gasteiger partial charge in [0.25, 0.3) is 0 Å². The first-order valence-electron chi connectivity index (χ1n) is 7.79. The van der Waals surface area contributed by atoms with Crippen molar-refractivity contribution in [3.8, 4) is 11.5 Å². The molecule has 1 N–H and O–H groups in total. The van der Waals surface area contributed by atoms with Gasteiger partial charge in [0.1, 0.15) is 12.4 Å². The van der Waals surface area contributed by atoms with Gasteiger partial charge in [-0.1, -0.05) is 12.1 Å². The van der Waals surface area contributed by atoms with Gasteiger partial charge in [-0.3, -0.25) is 4.90 Å². The number of para-hydroxylation sites is 2. The van der Waals surface area contributed by atoms with Crippen molar-refractivity contribution in [1.29, 1.82) is 0 Å². The van der Waals surface area contributed by atoms with Crippen molar-refractivity contribution in [3.05, 3.63) is 35.8 Å². The van der Waals surface area contributed by atoms with Crippen molar-refractivity contribution in [2.45, 2.75) is 18.9 Å². The predicted molar refractivity (Wildman–Crippen MR) is 92.4 cm³/mol. The van der Waals surface area contributed by atoms with Crippen LogP contribution in [0.5, 0.6) is 11.5 Å². The SMILES string of the molecule is COC(=O)OC1=C(O)CCN(CC2(C)COc3ccccc3O2)C1.Cl. The number of nitrogens with zero attached hydrogens (tertiary/aromatic N) is 1. The minimum atomic E-state index is -0.837. The molecule has 2 heterocycles. The lowest BCUT2D eigenvalue weighted by atomic mass is 10.0. The molecule has 2 aliphatic rings. The zero-order valence-corrected chi connectivity index (χ0v) is 15.0.